The number of alkyl halides is 6. The molecule has 7 nitrogen and oxygen atoms in total. The van der Waals surface area contributed by atoms with E-state index in [1.807, 2.05) is 4.90 Å². The highest BCUT2D eigenvalue weighted by atomic mass is 32.2. The van der Waals surface area contributed by atoms with Crippen molar-refractivity contribution >= 4 is 33.0 Å². The number of pyridine rings is 1. The predicted molar refractivity (Wildman–Crippen MR) is 134 cm³/mol. The quantitative estimate of drug-likeness (QED) is 0.273. The Kier molecular flexibility index (Phi) is 8.20. The van der Waals surface area contributed by atoms with E-state index in [4.69, 9.17) is 0 Å². The number of carbonyl (C=O) groups is 1. The molecule has 0 spiro atoms. The summed E-state index contributed by atoms with van der Waals surface area (Å²) < 4.78 is 112. The first-order valence-corrected chi connectivity index (χ1v) is 14.1. The minimum absolute atomic E-state index is 0.0772. The molecule has 1 aromatic carbocycles. The third kappa shape index (κ3) is 6.10. The van der Waals surface area contributed by atoms with Gasteiger partial charge in [0.05, 0.1) is 0 Å². The third-order valence-electron chi connectivity index (χ3n) is 6.57. The van der Waals surface area contributed by atoms with E-state index in [1.165, 1.54) is 22.5 Å². The number of anilines is 1. The van der Waals surface area contributed by atoms with E-state index in [2.05, 4.69) is 9.72 Å². The molecule has 0 aliphatic carbocycles. The topological polar surface area (TPSA) is 79.8 Å². The molecule has 216 valence electrons. The number of thiophene rings is 1. The van der Waals surface area contributed by atoms with E-state index in [0.29, 0.717) is 19.0 Å². The maximum atomic E-state index is 13.8. The summed E-state index contributed by atoms with van der Waals surface area (Å²) in [4.78, 5) is 17.1. The van der Waals surface area contributed by atoms with Gasteiger partial charge in [-0.25, -0.2) is 13.2 Å². The number of hydrogen-bond acceptors (Lipinski definition) is 7. The van der Waals surface area contributed by atoms with Gasteiger partial charge in [-0.05, 0) is 54.6 Å². The molecule has 0 radical (unpaired) electrons. The number of halogens is 6. The number of rotatable bonds is 7. The van der Waals surface area contributed by atoms with Crippen LogP contribution in [0.2, 0.25) is 0 Å². The number of benzene rings is 1. The van der Waals surface area contributed by atoms with Crippen LogP contribution in [-0.2, 0) is 31.6 Å². The van der Waals surface area contributed by atoms with Gasteiger partial charge < -0.3 is 9.64 Å². The van der Waals surface area contributed by atoms with Crippen LogP contribution in [0, 0.1) is 0 Å². The van der Waals surface area contributed by atoms with Crippen molar-refractivity contribution in [3.63, 3.8) is 0 Å². The Bertz CT molecular complexity index is 1420. The molecule has 4 rings (SSSR count). The lowest BCUT2D eigenvalue weighted by Gasteiger charge is -2.42. The molecule has 2 atom stereocenters. The van der Waals surface area contributed by atoms with Gasteiger partial charge in [-0.15, -0.1) is 11.3 Å². The van der Waals surface area contributed by atoms with Crippen molar-refractivity contribution in [1.82, 2.24) is 9.29 Å². The fourth-order valence-corrected chi connectivity index (χ4v) is 7.00. The standard InChI is InChI=1S/C25H23F6N3O4S2/c1-23(25(29,30)31,38-22(35)24(26,27)28)18-4-6-19(7-5-18)34-13-12-33(40(36,37)21-3-2-14-39-21)16-20(34)15-17-8-10-32-11-9-17/h2-11,14,20H,12-13,15-16H2,1H3. The third-order valence-corrected chi connectivity index (χ3v) is 9.81. The van der Waals surface area contributed by atoms with Crippen LogP contribution >= 0.6 is 11.3 Å². The maximum absolute atomic E-state index is 13.8. The van der Waals surface area contributed by atoms with Crippen LogP contribution in [0.5, 0.6) is 0 Å². The van der Waals surface area contributed by atoms with Gasteiger partial charge in [0.1, 0.15) is 4.21 Å². The Morgan fingerprint density at radius 1 is 1.02 bits per heavy atom. The zero-order valence-corrected chi connectivity index (χ0v) is 22.4. The highest BCUT2D eigenvalue weighted by Gasteiger charge is 2.59. The number of aromatic nitrogens is 1. The van der Waals surface area contributed by atoms with Crippen LogP contribution in [0.1, 0.15) is 18.1 Å². The van der Waals surface area contributed by atoms with Crippen molar-refractivity contribution in [2.75, 3.05) is 24.5 Å². The number of sulfonamides is 1. The van der Waals surface area contributed by atoms with E-state index in [9.17, 15) is 39.6 Å². The minimum atomic E-state index is -5.62. The van der Waals surface area contributed by atoms with E-state index in [-0.39, 0.29) is 23.8 Å². The summed E-state index contributed by atoms with van der Waals surface area (Å²) in [5.74, 6) is -2.96. The van der Waals surface area contributed by atoms with Gasteiger partial charge in [0.2, 0.25) is 5.60 Å². The van der Waals surface area contributed by atoms with Crippen molar-refractivity contribution in [2.24, 2.45) is 0 Å². The number of hydrogen-bond donors (Lipinski definition) is 0. The smallest absolute Gasteiger partial charge is 0.438 e. The van der Waals surface area contributed by atoms with Crippen LogP contribution in [0.15, 0.2) is 70.5 Å². The van der Waals surface area contributed by atoms with Crippen LogP contribution in [0.25, 0.3) is 0 Å². The largest absolute Gasteiger partial charge is 0.490 e. The molecule has 1 saturated heterocycles. The molecule has 1 aliphatic rings. The Labute approximate surface area is 230 Å². The molecule has 0 bridgehead atoms. The van der Waals surface area contributed by atoms with E-state index < -0.39 is 45.6 Å². The number of esters is 1. The van der Waals surface area contributed by atoms with Crippen molar-refractivity contribution in [3.8, 4) is 0 Å². The molecule has 0 saturated carbocycles. The number of nitrogens with zero attached hydrogens (tertiary/aromatic N) is 3. The van der Waals surface area contributed by atoms with Crippen molar-refractivity contribution < 1.29 is 44.3 Å². The van der Waals surface area contributed by atoms with Crippen LogP contribution in [0.4, 0.5) is 32.0 Å². The summed E-state index contributed by atoms with van der Waals surface area (Å²) in [5.41, 5.74) is -2.99. The summed E-state index contributed by atoms with van der Waals surface area (Å²) in [6.45, 7) is 0.720. The van der Waals surface area contributed by atoms with Crippen molar-refractivity contribution in [3.05, 3.63) is 77.4 Å². The van der Waals surface area contributed by atoms with Gasteiger partial charge >= 0.3 is 18.3 Å². The average Bonchev–Trinajstić information content (AvgIpc) is 3.44. The molecule has 1 aliphatic heterocycles. The van der Waals surface area contributed by atoms with Crippen LogP contribution in [0.3, 0.4) is 0 Å². The van der Waals surface area contributed by atoms with Gasteiger partial charge in [0.25, 0.3) is 10.0 Å². The molecule has 0 amide bonds. The SMILES string of the molecule is CC(OC(=O)C(F)(F)F)(c1ccc(N2CCN(S(=O)(=O)c3cccs3)CC2Cc2ccncc2)cc1)C(F)(F)F. The molecule has 2 aromatic heterocycles. The Morgan fingerprint density at radius 2 is 1.68 bits per heavy atom. The van der Waals surface area contributed by atoms with Crippen LogP contribution < -0.4 is 4.90 Å². The van der Waals surface area contributed by atoms with E-state index in [1.54, 1.807) is 36.0 Å². The monoisotopic (exact) mass is 607 g/mol. The Morgan fingerprint density at radius 3 is 2.23 bits per heavy atom. The first-order chi connectivity index (χ1) is 18.6. The zero-order chi connectivity index (χ0) is 29.3. The van der Waals surface area contributed by atoms with Gasteiger partial charge in [0.15, 0.2) is 0 Å². The molecular weight excluding hydrogens is 584 g/mol. The second kappa shape index (κ2) is 11.0. The minimum Gasteiger partial charge on any atom is -0.438 e. The van der Waals surface area contributed by atoms with Gasteiger partial charge in [-0.1, -0.05) is 18.2 Å². The Balaban J connectivity index is 1.64. The molecule has 40 heavy (non-hydrogen) atoms. The molecule has 1 fully saturated rings. The second-order valence-electron chi connectivity index (χ2n) is 9.17. The van der Waals surface area contributed by atoms with E-state index >= 15 is 0 Å². The first-order valence-electron chi connectivity index (χ1n) is 11.8. The number of carbonyl (C=O) groups excluding carboxylic acids is 1. The fourth-order valence-electron chi connectivity index (χ4n) is 4.38. The number of piperazine rings is 1. The lowest BCUT2D eigenvalue weighted by Crippen LogP contribution is -2.55. The van der Waals surface area contributed by atoms with Crippen molar-refractivity contribution in [2.45, 2.75) is 41.5 Å². The fraction of sp³-hybridized carbons (Fsp3) is 0.360. The average molecular weight is 608 g/mol. The highest BCUT2D eigenvalue weighted by molar-refractivity contribution is 7.91. The number of ether oxygens (including phenoxy) is 1. The lowest BCUT2D eigenvalue weighted by molar-refractivity contribution is -0.285. The summed E-state index contributed by atoms with van der Waals surface area (Å²) in [5, 5.41) is 1.65. The van der Waals surface area contributed by atoms with Gasteiger partial charge in [-0.3, -0.25) is 4.98 Å². The van der Waals surface area contributed by atoms with E-state index in [0.717, 1.165) is 29.0 Å². The molecule has 15 heteroatoms. The van der Waals surface area contributed by atoms with Crippen LogP contribution in [-0.4, -0.2) is 61.7 Å². The predicted octanol–water partition coefficient (Wildman–Crippen LogP) is 5.15. The van der Waals surface area contributed by atoms with Gasteiger partial charge in [-0.2, -0.15) is 30.6 Å². The molecule has 0 N–H and O–H groups in total. The second-order valence-corrected chi connectivity index (χ2v) is 12.3. The summed E-state index contributed by atoms with van der Waals surface area (Å²) in [6.07, 6.45) is -7.42. The van der Waals surface area contributed by atoms with Crippen molar-refractivity contribution in [1.29, 1.82) is 0 Å². The highest BCUT2D eigenvalue weighted by Crippen LogP contribution is 2.44. The molecule has 3 heterocycles. The lowest BCUT2D eigenvalue weighted by atomic mass is 9.94. The normalized spacial score (nSPS) is 18.8. The maximum Gasteiger partial charge on any atom is 0.490 e. The molecule has 2 unspecified atom stereocenters. The first kappa shape index (κ1) is 29.8. The molecule has 3 aromatic rings. The zero-order valence-electron chi connectivity index (χ0n) is 20.8. The summed E-state index contributed by atoms with van der Waals surface area (Å²) in [7, 11) is -3.77. The molecular formula is C25H23F6N3O4S2. The summed E-state index contributed by atoms with van der Waals surface area (Å²) >= 11 is 1.09. The summed E-state index contributed by atoms with van der Waals surface area (Å²) in [6, 6.07) is 10.7. The van der Waals surface area contributed by atoms with Gasteiger partial charge in [0, 0.05) is 49.3 Å². The Hall–Kier alpha value is -3.17.